The lowest BCUT2D eigenvalue weighted by Gasteiger charge is -2.11. The Morgan fingerprint density at radius 2 is 1.81 bits per heavy atom. The number of hydrogen-bond donors (Lipinski definition) is 2. The first-order valence-corrected chi connectivity index (χ1v) is 8.81. The second-order valence-electron chi connectivity index (χ2n) is 6.74. The fraction of sp³-hybridized carbons (Fsp3) is 0.333. The zero-order valence-electron chi connectivity index (χ0n) is 16.3. The predicted molar refractivity (Wildman–Crippen MR) is 107 cm³/mol. The molecule has 0 saturated heterocycles. The van der Waals surface area contributed by atoms with Crippen molar-refractivity contribution >= 4 is 17.5 Å². The fourth-order valence-electron chi connectivity index (χ4n) is 2.67. The van der Waals surface area contributed by atoms with Gasteiger partial charge in [0.15, 0.2) is 0 Å². The highest BCUT2D eigenvalue weighted by molar-refractivity contribution is 5.92. The van der Waals surface area contributed by atoms with Crippen LogP contribution in [0.2, 0.25) is 0 Å². The molecule has 27 heavy (non-hydrogen) atoms. The van der Waals surface area contributed by atoms with Crippen LogP contribution in [0, 0.1) is 6.92 Å². The van der Waals surface area contributed by atoms with Crippen LogP contribution < -0.4 is 15.4 Å². The van der Waals surface area contributed by atoms with Crippen molar-refractivity contribution < 1.29 is 14.3 Å². The van der Waals surface area contributed by atoms with Crippen molar-refractivity contribution in [1.82, 2.24) is 10.2 Å². The van der Waals surface area contributed by atoms with E-state index >= 15 is 0 Å². The van der Waals surface area contributed by atoms with E-state index in [1.165, 1.54) is 0 Å². The molecule has 0 aliphatic heterocycles. The summed E-state index contributed by atoms with van der Waals surface area (Å²) < 4.78 is 5.30. The highest BCUT2D eigenvalue weighted by Gasteiger charge is 2.07. The van der Waals surface area contributed by atoms with E-state index in [2.05, 4.69) is 10.6 Å². The van der Waals surface area contributed by atoms with Gasteiger partial charge in [0.05, 0.1) is 20.1 Å². The van der Waals surface area contributed by atoms with Gasteiger partial charge in [-0.1, -0.05) is 24.3 Å². The van der Waals surface area contributed by atoms with E-state index in [-0.39, 0.29) is 18.2 Å². The van der Waals surface area contributed by atoms with Gasteiger partial charge < -0.3 is 20.3 Å². The van der Waals surface area contributed by atoms with Crippen LogP contribution in [-0.2, 0) is 22.6 Å². The molecule has 0 aliphatic rings. The number of carbonyl (C=O) groups is 2. The topological polar surface area (TPSA) is 70.7 Å². The van der Waals surface area contributed by atoms with Gasteiger partial charge in [-0.25, -0.2) is 0 Å². The van der Waals surface area contributed by atoms with Crippen LogP contribution in [0.15, 0.2) is 42.5 Å². The minimum Gasteiger partial charge on any atom is -0.496 e. The summed E-state index contributed by atoms with van der Waals surface area (Å²) in [6, 6.07) is 13.2. The van der Waals surface area contributed by atoms with E-state index < -0.39 is 0 Å². The van der Waals surface area contributed by atoms with Gasteiger partial charge >= 0.3 is 0 Å². The molecule has 6 nitrogen and oxygen atoms in total. The normalized spacial score (nSPS) is 10.6. The number of aryl methyl sites for hydroxylation is 1. The zero-order chi connectivity index (χ0) is 19.8. The number of nitrogens with one attached hydrogen (secondary N) is 2. The number of hydrogen-bond acceptors (Lipinski definition) is 4. The van der Waals surface area contributed by atoms with Crippen molar-refractivity contribution in [3.05, 3.63) is 59.2 Å². The van der Waals surface area contributed by atoms with E-state index in [1.54, 1.807) is 12.0 Å². The first-order valence-electron chi connectivity index (χ1n) is 8.81. The Kier molecular flexibility index (Phi) is 7.37. The maximum atomic E-state index is 12.2. The first kappa shape index (κ1) is 20.5. The molecule has 2 N–H and O–H groups in total. The summed E-state index contributed by atoms with van der Waals surface area (Å²) in [4.78, 5) is 25.9. The fourth-order valence-corrected chi connectivity index (χ4v) is 2.67. The third-order valence-corrected chi connectivity index (χ3v) is 4.00. The number of amides is 2. The van der Waals surface area contributed by atoms with Gasteiger partial charge in [0, 0.05) is 12.2 Å². The van der Waals surface area contributed by atoms with Gasteiger partial charge in [0.25, 0.3) is 0 Å². The van der Waals surface area contributed by atoms with Gasteiger partial charge in [-0.15, -0.1) is 0 Å². The molecule has 0 radical (unpaired) electrons. The largest absolute Gasteiger partial charge is 0.496 e. The lowest BCUT2D eigenvalue weighted by molar-refractivity contribution is -0.120. The highest BCUT2D eigenvalue weighted by atomic mass is 16.5. The van der Waals surface area contributed by atoms with Crippen molar-refractivity contribution in [2.24, 2.45) is 0 Å². The molecule has 0 atom stereocenters. The average Bonchev–Trinajstić information content (AvgIpc) is 2.61. The Labute approximate surface area is 160 Å². The van der Waals surface area contributed by atoms with Crippen molar-refractivity contribution in [3.63, 3.8) is 0 Å². The summed E-state index contributed by atoms with van der Waals surface area (Å²) in [5.74, 6) is 0.638. The molecule has 144 valence electrons. The maximum absolute atomic E-state index is 12.2. The SMILES string of the molecule is COc1cc(CC(=O)NCc2cccc(NC(=O)CN(C)C)c2)ccc1C. The lowest BCUT2D eigenvalue weighted by Crippen LogP contribution is -2.27. The van der Waals surface area contributed by atoms with Gasteiger partial charge in [-0.3, -0.25) is 9.59 Å². The Bertz CT molecular complexity index is 803. The zero-order valence-corrected chi connectivity index (χ0v) is 16.3. The smallest absolute Gasteiger partial charge is 0.238 e. The van der Waals surface area contributed by atoms with Crippen LogP contribution >= 0.6 is 0 Å². The molecule has 0 saturated carbocycles. The molecule has 0 heterocycles. The van der Waals surface area contributed by atoms with E-state index in [4.69, 9.17) is 4.74 Å². The molecule has 0 unspecified atom stereocenters. The van der Waals surface area contributed by atoms with Crippen LogP contribution in [0.5, 0.6) is 5.75 Å². The van der Waals surface area contributed by atoms with Crippen LogP contribution in [0.4, 0.5) is 5.69 Å². The van der Waals surface area contributed by atoms with Crippen molar-refractivity contribution in [3.8, 4) is 5.75 Å². The Morgan fingerprint density at radius 3 is 2.52 bits per heavy atom. The first-order chi connectivity index (χ1) is 12.9. The number of benzene rings is 2. The van der Waals surface area contributed by atoms with Crippen LogP contribution in [0.25, 0.3) is 0 Å². The standard InChI is InChI=1S/C21H27N3O3/c1-15-8-9-16(11-19(15)27-4)12-20(25)22-13-17-6-5-7-18(10-17)23-21(26)14-24(2)3/h5-11H,12-14H2,1-4H3,(H,22,25)(H,23,26). The minimum atomic E-state index is -0.0745. The third-order valence-electron chi connectivity index (χ3n) is 4.00. The number of carbonyl (C=O) groups excluding carboxylic acids is 2. The third kappa shape index (κ3) is 6.75. The van der Waals surface area contributed by atoms with Crippen LogP contribution in [-0.4, -0.2) is 44.5 Å². The molecule has 2 aromatic carbocycles. The Balaban J connectivity index is 1.89. The second kappa shape index (κ2) is 9.73. The molecule has 0 spiro atoms. The lowest BCUT2D eigenvalue weighted by atomic mass is 10.1. The van der Waals surface area contributed by atoms with Crippen molar-refractivity contribution in [2.75, 3.05) is 33.1 Å². The average molecular weight is 369 g/mol. The molecule has 2 amide bonds. The monoisotopic (exact) mass is 369 g/mol. The molecule has 2 rings (SSSR count). The van der Waals surface area contributed by atoms with Gasteiger partial charge in [-0.2, -0.15) is 0 Å². The summed E-state index contributed by atoms with van der Waals surface area (Å²) in [6.45, 7) is 2.69. The van der Waals surface area contributed by atoms with E-state index in [0.29, 0.717) is 13.1 Å². The summed E-state index contributed by atoms with van der Waals surface area (Å²) in [6.07, 6.45) is 0.288. The van der Waals surface area contributed by atoms with Gasteiger partial charge in [-0.05, 0) is 55.9 Å². The quantitative estimate of drug-likeness (QED) is 0.749. The molecule has 2 aromatic rings. The molecular formula is C21H27N3O3. The van der Waals surface area contributed by atoms with Crippen LogP contribution in [0.3, 0.4) is 0 Å². The number of anilines is 1. The van der Waals surface area contributed by atoms with E-state index in [0.717, 1.165) is 28.1 Å². The predicted octanol–water partition coefficient (Wildman–Crippen LogP) is 2.36. The number of rotatable bonds is 8. The maximum Gasteiger partial charge on any atom is 0.238 e. The molecule has 0 fully saturated rings. The molecule has 6 heteroatoms. The molecular weight excluding hydrogens is 342 g/mol. The molecule has 0 aromatic heterocycles. The Morgan fingerprint density at radius 1 is 1.04 bits per heavy atom. The van der Waals surface area contributed by atoms with Gasteiger partial charge in [0.1, 0.15) is 5.75 Å². The van der Waals surface area contributed by atoms with E-state index in [1.807, 2.05) is 63.5 Å². The summed E-state index contributed by atoms with van der Waals surface area (Å²) >= 11 is 0. The minimum absolute atomic E-state index is 0.0667. The van der Waals surface area contributed by atoms with Crippen molar-refractivity contribution in [2.45, 2.75) is 19.9 Å². The summed E-state index contributed by atoms with van der Waals surface area (Å²) in [7, 11) is 5.31. The number of likely N-dealkylation sites (N-methyl/N-ethyl adjacent to an activating group) is 1. The number of nitrogens with zero attached hydrogens (tertiary/aromatic N) is 1. The molecule has 0 aliphatic carbocycles. The number of ether oxygens (including phenoxy) is 1. The van der Waals surface area contributed by atoms with Crippen LogP contribution in [0.1, 0.15) is 16.7 Å². The summed E-state index contributed by atoms with van der Waals surface area (Å²) in [5.41, 5.74) is 3.58. The van der Waals surface area contributed by atoms with Gasteiger partial charge in [0.2, 0.25) is 11.8 Å². The van der Waals surface area contributed by atoms with Crippen molar-refractivity contribution in [1.29, 1.82) is 0 Å². The highest BCUT2D eigenvalue weighted by Crippen LogP contribution is 2.19. The van der Waals surface area contributed by atoms with E-state index in [9.17, 15) is 9.59 Å². The molecule has 0 bridgehead atoms. The second-order valence-corrected chi connectivity index (χ2v) is 6.74. The Hall–Kier alpha value is -2.86. The summed E-state index contributed by atoms with van der Waals surface area (Å²) in [5, 5.41) is 5.76. The number of methoxy groups -OCH3 is 1.